The number of nitrogens with two attached hydrogens (primary N) is 1. The van der Waals surface area contributed by atoms with Crippen LogP contribution in [0, 0.1) is 0 Å². The number of carbonyl (C=O) groups is 1. The van der Waals surface area contributed by atoms with E-state index in [1.807, 2.05) is 0 Å². The molecule has 0 aliphatic carbocycles. The quantitative estimate of drug-likeness (QED) is 0.469. The second-order valence-electron chi connectivity index (χ2n) is 2.34. The van der Waals surface area contributed by atoms with E-state index in [0.717, 1.165) is 0 Å². The molecule has 1 rings (SSSR count). The van der Waals surface area contributed by atoms with Gasteiger partial charge in [0, 0.05) is 0 Å². The Kier molecular flexibility index (Phi) is 2.81. The van der Waals surface area contributed by atoms with E-state index in [9.17, 15) is 4.79 Å². The summed E-state index contributed by atoms with van der Waals surface area (Å²) >= 11 is 0. The number of aliphatic hydroxyl groups is 1. The predicted molar refractivity (Wildman–Crippen MR) is 35.8 cm³/mol. The number of esters is 1. The van der Waals surface area contributed by atoms with Crippen LogP contribution in [0.3, 0.4) is 0 Å². The lowest BCUT2D eigenvalue weighted by Crippen LogP contribution is -2.32. The molecule has 0 spiro atoms. The number of ether oxygens (including phenoxy) is 2. The zero-order valence-corrected chi connectivity index (χ0v) is 6.03. The van der Waals surface area contributed by atoms with Crippen molar-refractivity contribution >= 4 is 5.97 Å². The summed E-state index contributed by atoms with van der Waals surface area (Å²) in [7, 11) is 0. The van der Waals surface area contributed by atoms with Crippen molar-refractivity contribution in [3.63, 3.8) is 0 Å². The zero-order chi connectivity index (χ0) is 8.27. The van der Waals surface area contributed by atoms with Gasteiger partial charge in [-0.05, 0) is 0 Å². The molecular weight excluding hydrogens is 150 g/mol. The SMILES string of the molecule is NCC(=O)O[C@H]1COC[C@@H]1O. The molecule has 5 nitrogen and oxygen atoms in total. The van der Waals surface area contributed by atoms with E-state index in [-0.39, 0.29) is 19.8 Å². The van der Waals surface area contributed by atoms with Gasteiger partial charge in [-0.1, -0.05) is 0 Å². The van der Waals surface area contributed by atoms with E-state index in [4.69, 9.17) is 20.3 Å². The molecule has 0 saturated carbocycles. The first-order valence-corrected chi connectivity index (χ1v) is 3.39. The van der Waals surface area contributed by atoms with Crippen molar-refractivity contribution in [2.24, 2.45) is 5.73 Å². The Hall–Kier alpha value is -0.650. The maximum absolute atomic E-state index is 10.6. The first-order chi connectivity index (χ1) is 5.24. The summed E-state index contributed by atoms with van der Waals surface area (Å²) in [6, 6.07) is 0. The van der Waals surface area contributed by atoms with Crippen molar-refractivity contribution in [1.29, 1.82) is 0 Å². The molecule has 0 aromatic rings. The minimum atomic E-state index is -0.703. The van der Waals surface area contributed by atoms with Gasteiger partial charge in [0.15, 0.2) is 6.10 Å². The normalized spacial score (nSPS) is 30.4. The van der Waals surface area contributed by atoms with Crippen LogP contribution in [0.2, 0.25) is 0 Å². The highest BCUT2D eigenvalue weighted by Gasteiger charge is 2.29. The topological polar surface area (TPSA) is 81.8 Å². The summed E-state index contributed by atoms with van der Waals surface area (Å²) in [6.45, 7) is 0.318. The zero-order valence-electron chi connectivity index (χ0n) is 6.03. The van der Waals surface area contributed by atoms with Gasteiger partial charge in [-0.25, -0.2) is 0 Å². The first-order valence-electron chi connectivity index (χ1n) is 3.39. The molecule has 1 fully saturated rings. The molecule has 1 heterocycles. The molecule has 0 aromatic heterocycles. The molecule has 5 heteroatoms. The molecular formula is C6H11NO4. The predicted octanol–water partition coefficient (Wildman–Crippen LogP) is -1.75. The summed E-state index contributed by atoms with van der Waals surface area (Å²) < 4.78 is 9.58. The Balaban J connectivity index is 2.30. The number of hydrogen-bond acceptors (Lipinski definition) is 5. The summed E-state index contributed by atoms with van der Waals surface area (Å²) in [6.07, 6.45) is -1.24. The molecule has 0 radical (unpaired) electrons. The molecule has 0 aromatic carbocycles. The van der Waals surface area contributed by atoms with Crippen LogP contribution in [0.15, 0.2) is 0 Å². The van der Waals surface area contributed by atoms with Crippen molar-refractivity contribution in [3.8, 4) is 0 Å². The third-order valence-corrected chi connectivity index (χ3v) is 1.45. The minimum absolute atomic E-state index is 0.163. The van der Waals surface area contributed by atoms with Crippen LogP contribution in [0.4, 0.5) is 0 Å². The average Bonchev–Trinajstić information content (AvgIpc) is 2.37. The highest BCUT2D eigenvalue weighted by Crippen LogP contribution is 2.08. The van der Waals surface area contributed by atoms with Crippen LogP contribution in [0.1, 0.15) is 0 Å². The Morgan fingerprint density at radius 2 is 2.45 bits per heavy atom. The molecule has 3 N–H and O–H groups in total. The molecule has 1 saturated heterocycles. The Labute approximate surface area is 64.1 Å². The molecule has 0 amide bonds. The maximum Gasteiger partial charge on any atom is 0.320 e. The Morgan fingerprint density at radius 3 is 2.91 bits per heavy atom. The summed E-state index contributed by atoms with van der Waals surface area (Å²) in [4.78, 5) is 10.6. The van der Waals surface area contributed by atoms with Gasteiger partial charge in [0.1, 0.15) is 6.10 Å². The highest BCUT2D eigenvalue weighted by molar-refractivity contribution is 5.71. The third-order valence-electron chi connectivity index (χ3n) is 1.45. The first kappa shape index (κ1) is 8.45. The van der Waals surface area contributed by atoms with Crippen molar-refractivity contribution in [1.82, 2.24) is 0 Å². The highest BCUT2D eigenvalue weighted by atomic mass is 16.6. The summed E-state index contributed by atoms with van der Waals surface area (Å²) in [5.41, 5.74) is 5.00. The van der Waals surface area contributed by atoms with E-state index in [1.165, 1.54) is 0 Å². The van der Waals surface area contributed by atoms with Crippen LogP contribution in [0.25, 0.3) is 0 Å². The number of aliphatic hydroxyl groups excluding tert-OH is 1. The summed E-state index contributed by atoms with van der Waals surface area (Å²) in [5.74, 6) is -0.514. The maximum atomic E-state index is 10.6. The number of hydrogen-bond donors (Lipinski definition) is 2. The van der Waals surface area contributed by atoms with Crippen molar-refractivity contribution < 1.29 is 19.4 Å². The standard InChI is InChI=1S/C6H11NO4/c7-1-6(9)11-5-3-10-2-4(5)8/h4-5,8H,1-3,7H2/t4-,5-/m0/s1. The fourth-order valence-corrected chi connectivity index (χ4v) is 0.853. The number of rotatable bonds is 2. The van der Waals surface area contributed by atoms with Crippen LogP contribution in [-0.2, 0) is 14.3 Å². The lowest BCUT2D eigenvalue weighted by Gasteiger charge is -2.12. The van der Waals surface area contributed by atoms with Crippen molar-refractivity contribution in [2.75, 3.05) is 19.8 Å². The minimum Gasteiger partial charge on any atom is -0.456 e. The van der Waals surface area contributed by atoms with Crippen LogP contribution >= 0.6 is 0 Å². The van der Waals surface area contributed by atoms with Gasteiger partial charge < -0.3 is 20.3 Å². The Morgan fingerprint density at radius 1 is 1.73 bits per heavy atom. The van der Waals surface area contributed by atoms with E-state index in [2.05, 4.69) is 0 Å². The van der Waals surface area contributed by atoms with Gasteiger partial charge in [0.25, 0.3) is 0 Å². The second-order valence-corrected chi connectivity index (χ2v) is 2.34. The van der Waals surface area contributed by atoms with Gasteiger partial charge in [0.05, 0.1) is 19.8 Å². The lowest BCUT2D eigenvalue weighted by atomic mass is 10.3. The van der Waals surface area contributed by atoms with E-state index >= 15 is 0 Å². The van der Waals surface area contributed by atoms with Gasteiger partial charge in [-0.15, -0.1) is 0 Å². The van der Waals surface area contributed by atoms with Crippen molar-refractivity contribution in [3.05, 3.63) is 0 Å². The molecule has 0 bridgehead atoms. The van der Waals surface area contributed by atoms with E-state index in [1.54, 1.807) is 0 Å². The largest absolute Gasteiger partial charge is 0.456 e. The molecule has 2 atom stereocenters. The van der Waals surface area contributed by atoms with E-state index < -0.39 is 18.2 Å². The van der Waals surface area contributed by atoms with Crippen molar-refractivity contribution in [2.45, 2.75) is 12.2 Å². The van der Waals surface area contributed by atoms with Gasteiger partial charge in [0.2, 0.25) is 0 Å². The number of carbonyl (C=O) groups excluding carboxylic acids is 1. The van der Waals surface area contributed by atoms with E-state index in [0.29, 0.717) is 0 Å². The Bertz CT molecular complexity index is 150. The monoisotopic (exact) mass is 161 g/mol. The molecule has 11 heavy (non-hydrogen) atoms. The average molecular weight is 161 g/mol. The van der Waals surface area contributed by atoms with Gasteiger partial charge in [-0.2, -0.15) is 0 Å². The van der Waals surface area contributed by atoms with Gasteiger partial charge >= 0.3 is 5.97 Å². The fourth-order valence-electron chi connectivity index (χ4n) is 0.853. The molecule has 1 aliphatic heterocycles. The molecule has 0 unspecified atom stereocenters. The summed E-state index contributed by atoms with van der Waals surface area (Å²) in [5, 5.41) is 9.09. The fraction of sp³-hybridized carbons (Fsp3) is 0.833. The third kappa shape index (κ3) is 2.14. The second kappa shape index (κ2) is 3.66. The van der Waals surface area contributed by atoms with Crippen LogP contribution in [-0.4, -0.2) is 43.0 Å². The molecule has 1 aliphatic rings. The molecule has 64 valence electrons. The van der Waals surface area contributed by atoms with Crippen LogP contribution < -0.4 is 5.73 Å². The van der Waals surface area contributed by atoms with Gasteiger partial charge in [-0.3, -0.25) is 4.79 Å². The van der Waals surface area contributed by atoms with Crippen LogP contribution in [0.5, 0.6) is 0 Å². The smallest absolute Gasteiger partial charge is 0.320 e. The lowest BCUT2D eigenvalue weighted by molar-refractivity contribution is -0.150.